The van der Waals surface area contributed by atoms with Crippen LogP contribution >= 0.6 is 11.8 Å². The summed E-state index contributed by atoms with van der Waals surface area (Å²) in [6.45, 7) is 4.09. The van der Waals surface area contributed by atoms with Crippen molar-refractivity contribution in [3.05, 3.63) is 0 Å². The van der Waals surface area contributed by atoms with Gasteiger partial charge in [-0.25, -0.2) is 0 Å². The van der Waals surface area contributed by atoms with Gasteiger partial charge in [0.05, 0.1) is 0 Å². The number of aliphatic hydroxyl groups excluding tert-OH is 1. The molecule has 7 heteroatoms. The van der Waals surface area contributed by atoms with Crippen LogP contribution in [-0.4, -0.2) is 72.7 Å². The third-order valence-corrected chi connectivity index (χ3v) is 5.29. The summed E-state index contributed by atoms with van der Waals surface area (Å²) in [4.78, 5) is 25.9. The highest BCUT2D eigenvalue weighted by Gasteiger charge is 2.28. The van der Waals surface area contributed by atoms with E-state index in [9.17, 15) is 9.59 Å². The van der Waals surface area contributed by atoms with Gasteiger partial charge in [-0.15, -0.1) is 0 Å². The van der Waals surface area contributed by atoms with Crippen molar-refractivity contribution >= 4 is 23.6 Å². The van der Waals surface area contributed by atoms with Gasteiger partial charge in [-0.1, -0.05) is 0 Å². The summed E-state index contributed by atoms with van der Waals surface area (Å²) in [5.41, 5.74) is 0. The van der Waals surface area contributed by atoms with Gasteiger partial charge in [0, 0.05) is 32.4 Å². The number of nitrogens with zero attached hydrogens (tertiary/aromatic N) is 1. The largest absolute Gasteiger partial charge is 0.396 e. The summed E-state index contributed by atoms with van der Waals surface area (Å²) in [6, 6.07) is -0.429. The summed E-state index contributed by atoms with van der Waals surface area (Å²) in [5.74, 6) is 1.99. The van der Waals surface area contributed by atoms with E-state index in [1.54, 1.807) is 11.8 Å². The Morgan fingerprint density at radius 3 is 2.61 bits per heavy atom. The van der Waals surface area contributed by atoms with Crippen molar-refractivity contribution in [3.63, 3.8) is 0 Å². The maximum absolute atomic E-state index is 12.7. The van der Waals surface area contributed by atoms with Gasteiger partial charge in [0.2, 0.25) is 11.8 Å². The minimum atomic E-state index is -0.429. The fourth-order valence-corrected chi connectivity index (χ4v) is 3.79. The molecule has 1 atom stereocenters. The van der Waals surface area contributed by atoms with Crippen LogP contribution in [0.3, 0.4) is 0 Å². The van der Waals surface area contributed by atoms with Crippen LogP contribution in [0.2, 0.25) is 0 Å². The lowest BCUT2D eigenvalue weighted by Gasteiger charge is -2.34. The Morgan fingerprint density at radius 2 is 2.04 bits per heavy atom. The van der Waals surface area contributed by atoms with Crippen LogP contribution < -0.4 is 10.6 Å². The zero-order valence-corrected chi connectivity index (χ0v) is 15.2. The normalized spacial score (nSPS) is 17.1. The van der Waals surface area contributed by atoms with E-state index in [0.717, 1.165) is 51.1 Å². The van der Waals surface area contributed by atoms with Crippen LogP contribution in [0.4, 0.5) is 0 Å². The molecule has 0 aliphatic carbocycles. The zero-order valence-electron chi connectivity index (χ0n) is 14.3. The number of nitrogens with one attached hydrogen (secondary N) is 2. The number of aliphatic hydroxyl groups is 1. The van der Waals surface area contributed by atoms with Crippen LogP contribution in [0.25, 0.3) is 0 Å². The standard InChI is InChI=1S/C16H31N3O3S/c1-13(21)18-15(12-23-11-3-7-17-2)16(22)19-8-4-14(5-9-19)6-10-20/h14-15,17,20H,3-12H2,1-2H3,(H,18,21)/t15-/m0/s1. The van der Waals surface area contributed by atoms with Crippen molar-refractivity contribution in [1.29, 1.82) is 0 Å². The molecular weight excluding hydrogens is 314 g/mol. The second kappa shape index (κ2) is 11.7. The molecule has 0 bridgehead atoms. The van der Waals surface area contributed by atoms with Gasteiger partial charge >= 0.3 is 0 Å². The summed E-state index contributed by atoms with van der Waals surface area (Å²) in [7, 11) is 1.93. The number of hydrogen-bond donors (Lipinski definition) is 3. The van der Waals surface area contributed by atoms with Crippen LogP contribution in [-0.2, 0) is 9.59 Å². The Hall–Kier alpha value is -0.790. The van der Waals surface area contributed by atoms with Gasteiger partial charge in [-0.2, -0.15) is 11.8 Å². The molecule has 0 aromatic carbocycles. The van der Waals surface area contributed by atoms with Crippen molar-refractivity contribution in [2.75, 3.05) is 44.8 Å². The first kappa shape index (κ1) is 20.3. The first-order valence-electron chi connectivity index (χ1n) is 8.47. The van der Waals surface area contributed by atoms with Crippen molar-refractivity contribution in [3.8, 4) is 0 Å². The highest BCUT2D eigenvalue weighted by Crippen LogP contribution is 2.21. The topological polar surface area (TPSA) is 81.7 Å². The van der Waals surface area contributed by atoms with E-state index in [0.29, 0.717) is 11.7 Å². The van der Waals surface area contributed by atoms with Crippen molar-refractivity contribution in [2.24, 2.45) is 5.92 Å². The molecule has 1 fully saturated rings. The lowest BCUT2D eigenvalue weighted by atomic mass is 9.93. The molecule has 6 nitrogen and oxygen atoms in total. The van der Waals surface area contributed by atoms with Gasteiger partial charge in [-0.3, -0.25) is 9.59 Å². The summed E-state index contributed by atoms with van der Waals surface area (Å²) >= 11 is 1.71. The number of hydrogen-bond acceptors (Lipinski definition) is 5. The molecule has 0 radical (unpaired) electrons. The predicted octanol–water partition coefficient (Wildman–Crippen LogP) is 0.455. The van der Waals surface area contributed by atoms with Crippen LogP contribution in [0.15, 0.2) is 0 Å². The summed E-state index contributed by atoms with van der Waals surface area (Å²) in [6.07, 6.45) is 3.75. The Labute approximate surface area is 143 Å². The number of thioether (sulfide) groups is 1. The average Bonchev–Trinajstić information content (AvgIpc) is 2.53. The quantitative estimate of drug-likeness (QED) is 0.501. The highest BCUT2D eigenvalue weighted by molar-refractivity contribution is 7.99. The second-order valence-corrected chi connectivity index (χ2v) is 7.22. The van der Waals surface area contributed by atoms with E-state index >= 15 is 0 Å². The Morgan fingerprint density at radius 1 is 1.35 bits per heavy atom. The average molecular weight is 346 g/mol. The monoisotopic (exact) mass is 345 g/mol. The van der Waals surface area contributed by atoms with E-state index in [1.165, 1.54) is 6.92 Å². The smallest absolute Gasteiger partial charge is 0.246 e. The molecule has 1 aliphatic heterocycles. The van der Waals surface area contributed by atoms with Gasteiger partial charge in [0.15, 0.2) is 0 Å². The van der Waals surface area contributed by atoms with E-state index < -0.39 is 6.04 Å². The second-order valence-electron chi connectivity index (χ2n) is 6.07. The molecule has 3 N–H and O–H groups in total. The van der Waals surface area contributed by atoms with Crippen molar-refractivity contribution in [2.45, 2.75) is 38.6 Å². The molecule has 0 aromatic rings. The van der Waals surface area contributed by atoms with E-state index in [4.69, 9.17) is 5.11 Å². The number of carbonyl (C=O) groups excluding carboxylic acids is 2. The van der Waals surface area contributed by atoms with Crippen LogP contribution in [0.1, 0.15) is 32.6 Å². The third kappa shape index (κ3) is 8.04. The molecule has 23 heavy (non-hydrogen) atoms. The fourth-order valence-electron chi connectivity index (χ4n) is 2.82. The third-order valence-electron chi connectivity index (χ3n) is 4.14. The van der Waals surface area contributed by atoms with Crippen LogP contribution in [0.5, 0.6) is 0 Å². The van der Waals surface area contributed by atoms with Gasteiger partial charge in [-0.05, 0) is 50.9 Å². The zero-order chi connectivity index (χ0) is 17.1. The number of amides is 2. The Balaban J connectivity index is 2.43. The van der Waals surface area contributed by atoms with E-state index in [-0.39, 0.29) is 18.4 Å². The first-order valence-corrected chi connectivity index (χ1v) is 9.63. The number of carbonyl (C=O) groups is 2. The Kier molecular flexibility index (Phi) is 10.3. The molecule has 1 saturated heterocycles. The van der Waals surface area contributed by atoms with Crippen LogP contribution in [0, 0.1) is 5.92 Å². The van der Waals surface area contributed by atoms with Gasteiger partial charge < -0.3 is 20.6 Å². The maximum atomic E-state index is 12.7. The maximum Gasteiger partial charge on any atom is 0.246 e. The molecule has 134 valence electrons. The minimum absolute atomic E-state index is 0.0313. The Bertz CT molecular complexity index is 360. The highest BCUT2D eigenvalue weighted by atomic mass is 32.2. The van der Waals surface area contributed by atoms with Crippen molar-refractivity contribution < 1.29 is 14.7 Å². The molecule has 1 rings (SSSR count). The molecule has 0 saturated carbocycles. The number of rotatable bonds is 10. The number of piperidine rings is 1. The van der Waals surface area contributed by atoms with Gasteiger partial charge in [0.25, 0.3) is 0 Å². The van der Waals surface area contributed by atoms with E-state index in [1.807, 2.05) is 11.9 Å². The molecular formula is C16H31N3O3S. The first-order chi connectivity index (χ1) is 11.1. The lowest BCUT2D eigenvalue weighted by molar-refractivity contribution is -0.136. The SMILES string of the molecule is CNCCCSC[C@H](NC(C)=O)C(=O)N1CCC(CCO)CC1. The fraction of sp³-hybridized carbons (Fsp3) is 0.875. The van der Waals surface area contributed by atoms with E-state index in [2.05, 4.69) is 10.6 Å². The predicted molar refractivity (Wildman–Crippen MR) is 94.5 cm³/mol. The molecule has 0 aromatic heterocycles. The van der Waals surface area contributed by atoms with Gasteiger partial charge in [0.1, 0.15) is 6.04 Å². The molecule has 1 aliphatic rings. The summed E-state index contributed by atoms with van der Waals surface area (Å²) in [5, 5.41) is 14.9. The summed E-state index contributed by atoms with van der Waals surface area (Å²) < 4.78 is 0. The number of likely N-dealkylation sites (tertiary alicyclic amines) is 1. The molecule has 2 amide bonds. The molecule has 1 heterocycles. The minimum Gasteiger partial charge on any atom is -0.396 e. The molecule has 0 spiro atoms. The van der Waals surface area contributed by atoms with Crippen molar-refractivity contribution in [1.82, 2.24) is 15.5 Å². The molecule has 0 unspecified atom stereocenters. The lowest BCUT2D eigenvalue weighted by Crippen LogP contribution is -2.51.